The largest absolute Gasteiger partial charge is 0.444 e. The molecule has 1 spiro atoms. The highest BCUT2D eigenvalue weighted by Crippen LogP contribution is 2.41. The Balaban J connectivity index is 1.15. The molecule has 4 fully saturated rings. The minimum Gasteiger partial charge on any atom is -0.444 e. The summed E-state index contributed by atoms with van der Waals surface area (Å²) in [6.45, 7) is 11.2. The molecule has 0 aliphatic carbocycles. The van der Waals surface area contributed by atoms with Crippen molar-refractivity contribution in [2.45, 2.75) is 75.5 Å². The van der Waals surface area contributed by atoms with Gasteiger partial charge in [0.2, 0.25) is 0 Å². The number of likely N-dealkylation sites (tertiary alicyclic amines) is 2. The molecule has 6 nitrogen and oxygen atoms in total. The van der Waals surface area contributed by atoms with E-state index in [1.165, 1.54) is 11.1 Å². The second-order valence-corrected chi connectivity index (χ2v) is 11.3. The second-order valence-electron chi connectivity index (χ2n) is 11.3. The molecule has 4 aliphatic rings. The van der Waals surface area contributed by atoms with Crippen molar-refractivity contribution in [2.75, 3.05) is 46.0 Å². The van der Waals surface area contributed by atoms with Gasteiger partial charge in [-0.2, -0.15) is 0 Å². The van der Waals surface area contributed by atoms with Gasteiger partial charge in [-0.05, 0) is 88.7 Å². The molecule has 4 heterocycles. The van der Waals surface area contributed by atoms with Crippen molar-refractivity contribution in [3.05, 3.63) is 35.1 Å². The highest BCUT2D eigenvalue weighted by atomic mass is 19.1. The minimum atomic E-state index is -0.477. The lowest BCUT2D eigenvalue weighted by atomic mass is 9.81. The van der Waals surface area contributed by atoms with Crippen LogP contribution in [0.2, 0.25) is 0 Å². The summed E-state index contributed by atoms with van der Waals surface area (Å²) in [4.78, 5) is 16.6. The lowest BCUT2D eigenvalue weighted by Gasteiger charge is -2.47. The third-order valence-electron chi connectivity index (χ3n) is 7.70. The third-order valence-corrected chi connectivity index (χ3v) is 7.70. The Kier molecular flexibility index (Phi) is 6.17. The van der Waals surface area contributed by atoms with Gasteiger partial charge in [0.25, 0.3) is 0 Å². The Morgan fingerprint density at radius 3 is 2.52 bits per heavy atom. The Bertz CT molecular complexity index is 866. The van der Waals surface area contributed by atoms with Gasteiger partial charge in [-0.25, -0.2) is 9.18 Å². The first-order valence-electron chi connectivity index (χ1n) is 12.4. The van der Waals surface area contributed by atoms with Crippen molar-refractivity contribution in [1.29, 1.82) is 0 Å². The molecular formula is C26H37FN2O4. The number of benzene rings is 1. The Hall–Kier alpha value is -1.70. The maximum Gasteiger partial charge on any atom is 0.410 e. The SMILES string of the molecule is CC(C)(C)OC(=O)N1CC2(CC(N3CCC(c4cc(F)ccc4C4CCOC4)CC3)CO2)C1. The normalized spacial score (nSPS) is 28.3. The fourth-order valence-electron chi connectivity index (χ4n) is 6.01. The number of piperidine rings is 1. The third kappa shape index (κ3) is 4.91. The van der Waals surface area contributed by atoms with Gasteiger partial charge >= 0.3 is 6.09 Å². The van der Waals surface area contributed by atoms with Gasteiger partial charge in [-0.15, -0.1) is 0 Å². The summed E-state index contributed by atoms with van der Waals surface area (Å²) in [5, 5.41) is 0. The van der Waals surface area contributed by atoms with Crippen LogP contribution in [0, 0.1) is 5.82 Å². The molecule has 182 valence electrons. The van der Waals surface area contributed by atoms with E-state index in [-0.39, 0.29) is 17.5 Å². The molecule has 1 aromatic rings. The van der Waals surface area contributed by atoms with Crippen LogP contribution < -0.4 is 0 Å². The van der Waals surface area contributed by atoms with Crippen LogP contribution in [0.4, 0.5) is 9.18 Å². The van der Waals surface area contributed by atoms with E-state index in [0.29, 0.717) is 31.0 Å². The lowest BCUT2D eigenvalue weighted by molar-refractivity contribution is -0.109. The molecule has 2 atom stereocenters. The zero-order chi connectivity index (χ0) is 23.2. The van der Waals surface area contributed by atoms with Crippen LogP contribution in [0.25, 0.3) is 0 Å². The van der Waals surface area contributed by atoms with Gasteiger partial charge < -0.3 is 19.1 Å². The fraction of sp³-hybridized carbons (Fsp3) is 0.731. The van der Waals surface area contributed by atoms with Crippen LogP contribution >= 0.6 is 0 Å². The van der Waals surface area contributed by atoms with Gasteiger partial charge in [-0.3, -0.25) is 4.90 Å². The van der Waals surface area contributed by atoms with Crippen molar-refractivity contribution in [3.8, 4) is 0 Å². The van der Waals surface area contributed by atoms with Crippen LogP contribution in [0.15, 0.2) is 18.2 Å². The summed E-state index contributed by atoms with van der Waals surface area (Å²) in [7, 11) is 0. The number of nitrogens with zero attached hydrogens (tertiary/aromatic N) is 2. The quantitative estimate of drug-likeness (QED) is 0.674. The van der Waals surface area contributed by atoms with E-state index in [1.54, 1.807) is 17.0 Å². The van der Waals surface area contributed by atoms with Gasteiger partial charge in [0, 0.05) is 18.6 Å². The molecule has 0 saturated carbocycles. The van der Waals surface area contributed by atoms with E-state index < -0.39 is 5.60 Å². The molecule has 0 bridgehead atoms. The summed E-state index contributed by atoms with van der Waals surface area (Å²) in [5.74, 6) is 0.657. The van der Waals surface area contributed by atoms with Crippen LogP contribution in [0.5, 0.6) is 0 Å². The fourth-order valence-corrected chi connectivity index (χ4v) is 6.01. The molecule has 0 N–H and O–H groups in total. The zero-order valence-corrected chi connectivity index (χ0v) is 20.1. The van der Waals surface area contributed by atoms with E-state index in [4.69, 9.17) is 14.2 Å². The monoisotopic (exact) mass is 460 g/mol. The minimum absolute atomic E-state index is 0.138. The lowest BCUT2D eigenvalue weighted by Crippen LogP contribution is -2.64. The molecule has 0 aromatic heterocycles. The highest BCUT2D eigenvalue weighted by molar-refractivity contribution is 5.69. The topological polar surface area (TPSA) is 51.2 Å². The predicted octanol–water partition coefficient (Wildman–Crippen LogP) is 4.29. The standard InChI is InChI=1S/C26H37FN2O4/c1-25(2,3)33-24(30)29-16-26(17-29)13-21(15-32-26)28-9-6-18(7-10-28)23-12-20(27)4-5-22(23)19-8-11-31-14-19/h4-5,12,18-19,21H,6-11,13-17H2,1-3H3. The number of halogens is 1. The maximum absolute atomic E-state index is 14.1. The summed E-state index contributed by atoms with van der Waals surface area (Å²) < 4.78 is 31.4. The zero-order valence-electron chi connectivity index (χ0n) is 20.1. The van der Waals surface area contributed by atoms with Crippen molar-refractivity contribution >= 4 is 6.09 Å². The summed E-state index contributed by atoms with van der Waals surface area (Å²) >= 11 is 0. The summed E-state index contributed by atoms with van der Waals surface area (Å²) in [5.41, 5.74) is 1.79. The molecule has 1 amide bonds. The highest BCUT2D eigenvalue weighted by Gasteiger charge is 2.53. The van der Waals surface area contributed by atoms with E-state index in [1.807, 2.05) is 26.8 Å². The molecule has 5 rings (SSSR count). The Morgan fingerprint density at radius 1 is 1.09 bits per heavy atom. The maximum atomic E-state index is 14.1. The molecule has 33 heavy (non-hydrogen) atoms. The van der Waals surface area contributed by atoms with E-state index in [0.717, 1.165) is 58.6 Å². The van der Waals surface area contributed by atoms with Gasteiger partial charge in [-0.1, -0.05) is 6.07 Å². The van der Waals surface area contributed by atoms with Crippen LogP contribution in [0.1, 0.15) is 69.4 Å². The smallest absolute Gasteiger partial charge is 0.410 e. The van der Waals surface area contributed by atoms with Crippen molar-refractivity contribution < 1.29 is 23.4 Å². The number of carbonyl (C=O) groups excluding carboxylic acids is 1. The van der Waals surface area contributed by atoms with Crippen molar-refractivity contribution in [3.63, 3.8) is 0 Å². The van der Waals surface area contributed by atoms with Crippen LogP contribution in [0.3, 0.4) is 0 Å². The average Bonchev–Trinajstić information content (AvgIpc) is 3.42. The van der Waals surface area contributed by atoms with Gasteiger partial charge in [0.05, 0.1) is 26.3 Å². The van der Waals surface area contributed by atoms with Crippen molar-refractivity contribution in [1.82, 2.24) is 9.80 Å². The number of amides is 1. The number of rotatable bonds is 3. The molecule has 2 unspecified atom stereocenters. The van der Waals surface area contributed by atoms with E-state index >= 15 is 0 Å². The first kappa shape index (κ1) is 23.1. The first-order valence-corrected chi connectivity index (χ1v) is 12.4. The number of hydrogen-bond acceptors (Lipinski definition) is 5. The van der Waals surface area contributed by atoms with Crippen molar-refractivity contribution in [2.24, 2.45) is 0 Å². The Labute approximate surface area is 196 Å². The van der Waals surface area contributed by atoms with Gasteiger partial charge in [0.1, 0.15) is 17.0 Å². The predicted molar refractivity (Wildman–Crippen MR) is 123 cm³/mol. The van der Waals surface area contributed by atoms with E-state index in [9.17, 15) is 9.18 Å². The number of carbonyl (C=O) groups is 1. The summed E-state index contributed by atoms with van der Waals surface area (Å²) in [6.07, 6.45) is 3.82. The van der Waals surface area contributed by atoms with E-state index in [2.05, 4.69) is 4.90 Å². The first-order chi connectivity index (χ1) is 15.7. The van der Waals surface area contributed by atoms with Crippen LogP contribution in [-0.4, -0.2) is 79.1 Å². The van der Waals surface area contributed by atoms with Gasteiger partial charge in [0.15, 0.2) is 0 Å². The van der Waals surface area contributed by atoms with Crippen LogP contribution in [-0.2, 0) is 14.2 Å². The number of ether oxygens (including phenoxy) is 3. The molecular weight excluding hydrogens is 423 g/mol. The summed E-state index contributed by atoms with van der Waals surface area (Å²) in [6, 6.07) is 5.74. The molecule has 7 heteroatoms. The Morgan fingerprint density at radius 2 is 1.85 bits per heavy atom. The molecule has 0 radical (unpaired) electrons. The average molecular weight is 461 g/mol. The molecule has 4 aliphatic heterocycles. The second kappa shape index (κ2) is 8.82. The molecule has 4 saturated heterocycles. The number of hydrogen-bond donors (Lipinski definition) is 0. The molecule has 1 aromatic carbocycles.